The van der Waals surface area contributed by atoms with E-state index in [0.29, 0.717) is 37.5 Å². The molecule has 12 heteroatoms. The molecule has 3 aliphatic rings. The fourth-order valence-corrected chi connectivity index (χ4v) is 5.89. The highest BCUT2D eigenvalue weighted by Gasteiger charge is 2.47. The maximum atomic E-state index is 12.7. The molecule has 12 nitrogen and oxygen atoms in total. The number of aldehydes is 1. The van der Waals surface area contributed by atoms with Gasteiger partial charge < -0.3 is 29.0 Å². The lowest BCUT2D eigenvalue weighted by Crippen LogP contribution is -2.65. The fraction of sp³-hybridized carbons (Fsp3) is 0.419. The molecule has 2 bridgehead atoms. The van der Waals surface area contributed by atoms with Crippen LogP contribution in [0.25, 0.3) is 0 Å². The van der Waals surface area contributed by atoms with Crippen molar-refractivity contribution < 1.29 is 38.1 Å². The van der Waals surface area contributed by atoms with E-state index >= 15 is 0 Å². The number of anilines is 1. The van der Waals surface area contributed by atoms with Gasteiger partial charge in [0.05, 0.1) is 38.0 Å². The summed E-state index contributed by atoms with van der Waals surface area (Å²) < 4.78 is 28.2. The molecule has 3 heterocycles. The number of carbonyl (C=O) groups is 3. The van der Waals surface area contributed by atoms with Crippen LogP contribution < -0.4 is 19.5 Å². The number of nitrogens with zero attached hydrogens (tertiary/aromatic N) is 2. The Morgan fingerprint density at radius 2 is 1.84 bits per heavy atom. The first-order chi connectivity index (χ1) is 21.0. The summed E-state index contributed by atoms with van der Waals surface area (Å²) in [6.45, 7) is 1.04. The number of fused-ring (bicyclic) bond motifs is 2. The van der Waals surface area contributed by atoms with Crippen LogP contribution in [0.5, 0.6) is 17.2 Å². The number of aromatic nitrogens is 2. The van der Waals surface area contributed by atoms with Crippen LogP contribution in [0.4, 0.5) is 10.6 Å². The second-order valence-corrected chi connectivity index (χ2v) is 11.0. The van der Waals surface area contributed by atoms with Crippen molar-refractivity contribution in [1.82, 2.24) is 15.1 Å². The topological polar surface area (TPSA) is 141 Å². The first kappa shape index (κ1) is 28.5. The fourth-order valence-electron chi connectivity index (χ4n) is 5.89. The Balaban J connectivity index is 1.01. The number of H-pyrrole nitrogens is 1. The van der Waals surface area contributed by atoms with Crippen molar-refractivity contribution in [3.05, 3.63) is 65.4 Å². The average molecular weight is 591 g/mol. The van der Waals surface area contributed by atoms with Gasteiger partial charge in [-0.15, -0.1) is 0 Å². The molecule has 1 aromatic heterocycles. The third-order valence-electron chi connectivity index (χ3n) is 8.15. The lowest BCUT2D eigenvalue weighted by Gasteiger charge is -2.51. The van der Waals surface area contributed by atoms with E-state index < -0.39 is 5.91 Å². The molecule has 3 fully saturated rings. The standard InChI is InChI=1S/C31H34N4O8/c1-39-24-11-27(41-15-19-5-3-2-4-6-19)25(14-36)28(12-24)42-18-30(37)32-29-13-26(33-34-29)20-7-8-23(9-20)43-31(38)35-21-10-22(35)17-40-16-21/h2-6,11-14,20-23H,7-10,15-18H2,1H3,(H2,32,33,34,37)/t20-,21?,22?,23+/m0/s1. The first-order valence-corrected chi connectivity index (χ1v) is 14.4. The number of amides is 2. The second kappa shape index (κ2) is 12.7. The lowest BCUT2D eigenvalue weighted by molar-refractivity contribution is -0.118. The number of hydrogen-bond acceptors (Lipinski definition) is 9. The predicted octanol–water partition coefficient (Wildman–Crippen LogP) is 4.07. The quantitative estimate of drug-likeness (QED) is 0.316. The Morgan fingerprint density at radius 3 is 2.56 bits per heavy atom. The maximum absolute atomic E-state index is 12.7. The SMILES string of the molecule is COc1cc(OCC(=O)Nc2cc([C@H]3CC[C@@H](OC(=O)N4C5COCC4C5)C3)[nH]n2)c(C=O)c(OCc2ccccc2)c1. The van der Waals surface area contributed by atoms with Crippen LogP contribution in [-0.4, -0.2) is 78.5 Å². The van der Waals surface area contributed by atoms with Crippen LogP contribution in [0.3, 0.4) is 0 Å². The number of benzene rings is 2. The summed E-state index contributed by atoms with van der Waals surface area (Å²) in [6, 6.07) is 14.7. The molecule has 2 amide bonds. The van der Waals surface area contributed by atoms with Gasteiger partial charge in [0.15, 0.2) is 18.7 Å². The van der Waals surface area contributed by atoms with Crippen molar-refractivity contribution in [2.45, 2.75) is 56.4 Å². The minimum atomic E-state index is -0.452. The molecule has 2 N–H and O–H groups in total. The van der Waals surface area contributed by atoms with Crippen LogP contribution >= 0.6 is 0 Å². The van der Waals surface area contributed by atoms with Gasteiger partial charge in [0, 0.05) is 29.8 Å². The predicted molar refractivity (Wildman–Crippen MR) is 154 cm³/mol. The second-order valence-electron chi connectivity index (χ2n) is 11.0. The highest BCUT2D eigenvalue weighted by Crippen LogP contribution is 2.38. The zero-order chi connectivity index (χ0) is 29.8. The van der Waals surface area contributed by atoms with Crippen LogP contribution in [0.15, 0.2) is 48.5 Å². The number of methoxy groups -OCH3 is 1. The van der Waals surface area contributed by atoms with Gasteiger partial charge in [-0.3, -0.25) is 19.6 Å². The number of rotatable bonds is 11. The number of hydrogen-bond donors (Lipinski definition) is 2. The van der Waals surface area contributed by atoms with Crippen LogP contribution in [-0.2, 0) is 20.9 Å². The molecule has 2 saturated heterocycles. The highest BCUT2D eigenvalue weighted by molar-refractivity contribution is 5.91. The Kier molecular flexibility index (Phi) is 8.45. The van der Waals surface area contributed by atoms with E-state index in [-0.39, 0.29) is 60.5 Å². The highest BCUT2D eigenvalue weighted by atomic mass is 16.6. The third-order valence-corrected chi connectivity index (χ3v) is 8.15. The van der Waals surface area contributed by atoms with Crippen molar-refractivity contribution in [2.75, 3.05) is 32.2 Å². The van der Waals surface area contributed by atoms with Crippen molar-refractivity contribution >= 4 is 24.1 Å². The Bertz CT molecular complexity index is 1450. The summed E-state index contributed by atoms with van der Waals surface area (Å²) >= 11 is 0. The van der Waals surface area contributed by atoms with Crippen molar-refractivity contribution in [1.29, 1.82) is 0 Å². The van der Waals surface area contributed by atoms with E-state index in [2.05, 4.69) is 15.5 Å². The zero-order valence-corrected chi connectivity index (χ0v) is 23.8. The molecule has 2 aliphatic heterocycles. The molecule has 6 rings (SSSR count). The molecule has 2 aromatic carbocycles. The van der Waals surface area contributed by atoms with Crippen molar-refractivity contribution in [3.63, 3.8) is 0 Å². The van der Waals surface area contributed by atoms with Gasteiger partial charge >= 0.3 is 6.09 Å². The number of carbonyl (C=O) groups excluding carboxylic acids is 3. The van der Waals surface area contributed by atoms with Crippen LogP contribution in [0.2, 0.25) is 0 Å². The molecule has 0 spiro atoms. The molecule has 2 unspecified atom stereocenters. The summed E-state index contributed by atoms with van der Waals surface area (Å²) in [5.74, 6) is 0.900. The summed E-state index contributed by atoms with van der Waals surface area (Å²) in [4.78, 5) is 39.1. The van der Waals surface area contributed by atoms with Gasteiger partial charge in [0.2, 0.25) is 0 Å². The third kappa shape index (κ3) is 6.43. The molecule has 226 valence electrons. The van der Waals surface area contributed by atoms with Gasteiger partial charge in [-0.05, 0) is 31.2 Å². The molecule has 1 saturated carbocycles. The minimum absolute atomic E-state index is 0.132. The minimum Gasteiger partial charge on any atom is -0.496 e. The van der Waals surface area contributed by atoms with Gasteiger partial charge in [-0.25, -0.2) is 4.79 Å². The zero-order valence-electron chi connectivity index (χ0n) is 23.8. The van der Waals surface area contributed by atoms with E-state index in [4.69, 9.17) is 23.7 Å². The maximum Gasteiger partial charge on any atom is 0.410 e. The first-order valence-electron chi connectivity index (χ1n) is 14.4. The molecular formula is C31H34N4O8. The van der Waals surface area contributed by atoms with Crippen molar-refractivity contribution in [3.8, 4) is 17.2 Å². The van der Waals surface area contributed by atoms with Gasteiger partial charge in [-0.2, -0.15) is 5.10 Å². The van der Waals surface area contributed by atoms with Gasteiger partial charge in [0.1, 0.15) is 30.0 Å². The average Bonchev–Trinajstić information content (AvgIpc) is 3.69. The number of ether oxygens (including phenoxy) is 5. The normalized spacial score (nSPS) is 22.3. The summed E-state index contributed by atoms with van der Waals surface area (Å²) in [5.41, 5.74) is 1.97. The van der Waals surface area contributed by atoms with Crippen molar-refractivity contribution in [2.24, 2.45) is 0 Å². The summed E-state index contributed by atoms with van der Waals surface area (Å²) in [7, 11) is 1.49. The Labute approximate surface area is 248 Å². The number of aromatic amines is 1. The molecule has 4 atom stereocenters. The summed E-state index contributed by atoms with van der Waals surface area (Å²) in [6.07, 6.45) is 3.49. The molecule has 3 aromatic rings. The number of nitrogens with one attached hydrogen (secondary N) is 2. The molecule has 43 heavy (non-hydrogen) atoms. The van der Waals surface area contributed by atoms with Gasteiger partial charge in [-0.1, -0.05) is 30.3 Å². The monoisotopic (exact) mass is 590 g/mol. The van der Waals surface area contributed by atoms with E-state index in [0.717, 1.165) is 30.5 Å². The van der Waals surface area contributed by atoms with E-state index in [9.17, 15) is 14.4 Å². The lowest BCUT2D eigenvalue weighted by atomic mass is 9.92. The smallest absolute Gasteiger partial charge is 0.410 e. The Morgan fingerprint density at radius 1 is 1.07 bits per heavy atom. The van der Waals surface area contributed by atoms with E-state index in [1.54, 1.807) is 12.1 Å². The van der Waals surface area contributed by atoms with Crippen LogP contribution in [0.1, 0.15) is 53.2 Å². The largest absolute Gasteiger partial charge is 0.496 e. The Hall–Kier alpha value is -4.58. The molecular weight excluding hydrogens is 556 g/mol. The molecule has 1 aliphatic carbocycles. The van der Waals surface area contributed by atoms with Crippen LogP contribution in [0, 0.1) is 0 Å². The van der Waals surface area contributed by atoms with Gasteiger partial charge in [0.25, 0.3) is 5.91 Å². The van der Waals surface area contributed by atoms with E-state index in [1.807, 2.05) is 35.2 Å². The molecule has 0 radical (unpaired) electrons. The summed E-state index contributed by atoms with van der Waals surface area (Å²) in [5, 5.41) is 9.93. The van der Waals surface area contributed by atoms with E-state index in [1.165, 1.54) is 13.2 Å². The number of morpholine rings is 1.